The van der Waals surface area contributed by atoms with Crippen LogP contribution in [0.3, 0.4) is 0 Å². The molecular formula is C18H13F3N2O4. The van der Waals surface area contributed by atoms with E-state index in [4.69, 9.17) is 0 Å². The van der Waals surface area contributed by atoms with Gasteiger partial charge >= 0.3 is 6.36 Å². The first-order valence-corrected chi connectivity index (χ1v) is 7.82. The molecule has 0 spiro atoms. The zero-order valence-corrected chi connectivity index (χ0v) is 13.7. The summed E-state index contributed by atoms with van der Waals surface area (Å²) in [5.74, 6) is -2.31. The molecule has 0 saturated carbocycles. The Balaban J connectivity index is 1.63. The van der Waals surface area contributed by atoms with Crippen LogP contribution in [0.2, 0.25) is 0 Å². The second kappa shape index (κ2) is 7.10. The molecule has 3 rings (SSSR count). The minimum atomic E-state index is -4.86. The van der Waals surface area contributed by atoms with Crippen molar-refractivity contribution in [2.75, 3.05) is 6.54 Å². The molecule has 140 valence electrons. The quantitative estimate of drug-likeness (QED) is 0.812. The number of nitrogens with one attached hydrogen (secondary N) is 1. The van der Waals surface area contributed by atoms with Crippen molar-refractivity contribution in [1.29, 1.82) is 0 Å². The molecule has 27 heavy (non-hydrogen) atoms. The van der Waals surface area contributed by atoms with Crippen molar-refractivity contribution in [2.45, 2.75) is 12.9 Å². The minimum absolute atomic E-state index is 0.102. The van der Waals surface area contributed by atoms with E-state index in [-0.39, 0.29) is 23.2 Å². The highest BCUT2D eigenvalue weighted by atomic mass is 19.4. The van der Waals surface area contributed by atoms with Crippen molar-refractivity contribution >= 4 is 17.7 Å². The Hall–Kier alpha value is -3.36. The number of imide groups is 1. The largest absolute Gasteiger partial charge is 0.573 e. The van der Waals surface area contributed by atoms with E-state index in [9.17, 15) is 27.6 Å². The molecule has 0 fully saturated rings. The third kappa shape index (κ3) is 4.08. The number of fused-ring (bicyclic) bond motifs is 1. The van der Waals surface area contributed by atoms with Crippen LogP contribution in [0.5, 0.6) is 5.75 Å². The number of carbonyl (C=O) groups excluding carboxylic acids is 3. The van der Waals surface area contributed by atoms with Crippen molar-refractivity contribution in [3.05, 3.63) is 65.2 Å². The van der Waals surface area contributed by atoms with Crippen LogP contribution in [0.15, 0.2) is 48.5 Å². The Morgan fingerprint density at radius 1 is 0.963 bits per heavy atom. The Labute approximate surface area is 151 Å². The maximum Gasteiger partial charge on any atom is 0.573 e. The number of benzene rings is 2. The van der Waals surface area contributed by atoms with Gasteiger partial charge in [0, 0.05) is 12.1 Å². The van der Waals surface area contributed by atoms with Gasteiger partial charge in [0.2, 0.25) is 5.91 Å². The number of ether oxygens (including phenoxy) is 1. The van der Waals surface area contributed by atoms with Crippen LogP contribution < -0.4 is 10.1 Å². The van der Waals surface area contributed by atoms with Crippen LogP contribution in [-0.4, -0.2) is 35.5 Å². The van der Waals surface area contributed by atoms with E-state index in [0.29, 0.717) is 0 Å². The molecule has 0 atom stereocenters. The van der Waals surface area contributed by atoms with Gasteiger partial charge < -0.3 is 10.1 Å². The first-order valence-electron chi connectivity index (χ1n) is 7.82. The Morgan fingerprint density at radius 2 is 1.52 bits per heavy atom. The Morgan fingerprint density at radius 3 is 2.11 bits per heavy atom. The lowest BCUT2D eigenvalue weighted by atomic mass is 10.1. The molecule has 0 bridgehead atoms. The Bertz CT molecular complexity index is 876. The fourth-order valence-corrected chi connectivity index (χ4v) is 2.65. The summed E-state index contributed by atoms with van der Waals surface area (Å²) in [6.07, 6.45) is -4.86. The molecule has 1 N–H and O–H groups in total. The van der Waals surface area contributed by atoms with Crippen LogP contribution in [0.25, 0.3) is 0 Å². The third-order valence-electron chi connectivity index (χ3n) is 3.85. The molecule has 0 radical (unpaired) electrons. The first-order chi connectivity index (χ1) is 12.8. The number of alkyl halides is 3. The monoisotopic (exact) mass is 378 g/mol. The molecule has 6 nitrogen and oxygen atoms in total. The van der Waals surface area contributed by atoms with Gasteiger partial charge in [-0.2, -0.15) is 0 Å². The van der Waals surface area contributed by atoms with Gasteiger partial charge in [-0.3, -0.25) is 19.3 Å². The van der Waals surface area contributed by atoms with Gasteiger partial charge in [-0.15, -0.1) is 13.2 Å². The van der Waals surface area contributed by atoms with Crippen molar-refractivity contribution in [3.8, 4) is 5.75 Å². The van der Waals surface area contributed by atoms with E-state index < -0.39 is 36.4 Å². The van der Waals surface area contributed by atoms with Crippen LogP contribution in [0.4, 0.5) is 13.2 Å². The lowest BCUT2D eigenvalue weighted by molar-refractivity contribution is -0.274. The normalized spacial score (nSPS) is 13.5. The molecule has 0 aromatic heterocycles. The van der Waals surface area contributed by atoms with E-state index >= 15 is 0 Å². The third-order valence-corrected chi connectivity index (χ3v) is 3.85. The Kier molecular flexibility index (Phi) is 4.85. The number of carbonyl (C=O) groups is 3. The second-order valence-electron chi connectivity index (χ2n) is 5.67. The van der Waals surface area contributed by atoms with E-state index in [1.165, 1.54) is 30.3 Å². The number of hydrogen-bond donors (Lipinski definition) is 1. The second-order valence-corrected chi connectivity index (χ2v) is 5.67. The molecule has 9 heteroatoms. The van der Waals surface area contributed by atoms with Gasteiger partial charge in [-0.1, -0.05) is 30.3 Å². The number of amides is 3. The van der Waals surface area contributed by atoms with Crippen molar-refractivity contribution in [1.82, 2.24) is 10.2 Å². The van der Waals surface area contributed by atoms with Gasteiger partial charge in [0.05, 0.1) is 11.1 Å². The van der Waals surface area contributed by atoms with E-state index in [1.54, 1.807) is 12.1 Å². The lowest BCUT2D eigenvalue weighted by Crippen LogP contribution is -2.40. The van der Waals surface area contributed by atoms with Crippen molar-refractivity contribution in [3.63, 3.8) is 0 Å². The van der Waals surface area contributed by atoms with Crippen LogP contribution >= 0.6 is 0 Å². The van der Waals surface area contributed by atoms with Crippen LogP contribution in [0.1, 0.15) is 26.3 Å². The standard InChI is InChI=1S/C18H13F3N2O4/c19-18(20,21)27-14-8-4-1-5-11(14)9-22-15(24)10-23-16(25)12-6-2-3-7-13(12)17(23)26/h1-8H,9-10H2,(H,22,24). The van der Waals surface area contributed by atoms with Gasteiger partial charge in [-0.05, 0) is 18.2 Å². The average molecular weight is 378 g/mol. The highest BCUT2D eigenvalue weighted by molar-refractivity contribution is 6.22. The molecule has 1 aliphatic rings. The number of rotatable bonds is 5. The zero-order valence-electron chi connectivity index (χ0n) is 13.7. The predicted octanol–water partition coefficient (Wildman–Crippen LogP) is 2.50. The molecule has 1 aliphatic heterocycles. The van der Waals surface area contributed by atoms with Gasteiger partial charge in [0.15, 0.2) is 0 Å². The van der Waals surface area contributed by atoms with E-state index in [2.05, 4.69) is 10.1 Å². The number of halogens is 3. The van der Waals surface area contributed by atoms with Gasteiger partial charge in [0.25, 0.3) is 11.8 Å². The summed E-state index contributed by atoms with van der Waals surface area (Å²) in [4.78, 5) is 37.3. The summed E-state index contributed by atoms with van der Waals surface area (Å²) in [6, 6.07) is 11.5. The molecule has 2 aromatic carbocycles. The topological polar surface area (TPSA) is 75.7 Å². The molecule has 0 saturated heterocycles. The SMILES string of the molecule is O=C(CN1C(=O)c2ccccc2C1=O)NCc1ccccc1OC(F)(F)F. The molecule has 2 aromatic rings. The fraction of sp³-hybridized carbons (Fsp3) is 0.167. The maximum absolute atomic E-state index is 12.4. The number of para-hydroxylation sites is 1. The van der Waals surface area contributed by atoms with Crippen molar-refractivity contribution in [2.24, 2.45) is 0 Å². The average Bonchev–Trinajstić information content (AvgIpc) is 2.85. The summed E-state index contributed by atoms with van der Waals surface area (Å²) in [5.41, 5.74) is 0.518. The molecule has 1 heterocycles. The highest BCUT2D eigenvalue weighted by Crippen LogP contribution is 2.26. The number of nitrogens with zero attached hydrogens (tertiary/aromatic N) is 1. The van der Waals surface area contributed by atoms with Gasteiger partial charge in [0.1, 0.15) is 12.3 Å². The van der Waals surface area contributed by atoms with E-state index in [1.807, 2.05) is 0 Å². The summed E-state index contributed by atoms with van der Waals surface area (Å²) in [6.45, 7) is -0.789. The smallest absolute Gasteiger partial charge is 0.405 e. The fourth-order valence-electron chi connectivity index (χ4n) is 2.65. The highest BCUT2D eigenvalue weighted by Gasteiger charge is 2.36. The molecular weight excluding hydrogens is 365 g/mol. The first kappa shape index (κ1) is 18.4. The summed E-state index contributed by atoms with van der Waals surface area (Å²) >= 11 is 0. The van der Waals surface area contributed by atoms with Crippen LogP contribution in [0, 0.1) is 0 Å². The van der Waals surface area contributed by atoms with E-state index in [0.717, 1.165) is 11.0 Å². The lowest BCUT2D eigenvalue weighted by Gasteiger charge is -2.15. The molecule has 3 amide bonds. The molecule has 0 aliphatic carbocycles. The zero-order chi connectivity index (χ0) is 19.6. The van der Waals surface area contributed by atoms with Gasteiger partial charge in [-0.25, -0.2) is 0 Å². The minimum Gasteiger partial charge on any atom is -0.405 e. The predicted molar refractivity (Wildman–Crippen MR) is 86.8 cm³/mol. The summed E-state index contributed by atoms with van der Waals surface area (Å²) in [5, 5.41) is 2.39. The molecule has 0 unspecified atom stereocenters. The van der Waals surface area contributed by atoms with Crippen LogP contribution in [-0.2, 0) is 11.3 Å². The summed E-state index contributed by atoms with van der Waals surface area (Å²) in [7, 11) is 0. The number of hydrogen-bond acceptors (Lipinski definition) is 4. The van der Waals surface area contributed by atoms with Crippen molar-refractivity contribution < 1.29 is 32.3 Å². The summed E-state index contributed by atoms with van der Waals surface area (Å²) < 4.78 is 41.2. The maximum atomic E-state index is 12.4.